The highest BCUT2D eigenvalue weighted by atomic mass is 32.1. The highest BCUT2D eigenvalue weighted by Gasteiger charge is 2.21. The summed E-state index contributed by atoms with van der Waals surface area (Å²) >= 11 is 1.47. The minimum Gasteiger partial charge on any atom is -0.376 e. The molecule has 0 radical (unpaired) electrons. The highest BCUT2D eigenvalue weighted by Crippen LogP contribution is 2.17. The number of carbonyl (C=O) groups is 1. The summed E-state index contributed by atoms with van der Waals surface area (Å²) in [6.45, 7) is 1.79. The summed E-state index contributed by atoms with van der Waals surface area (Å²) < 4.78 is 5.54. The van der Waals surface area contributed by atoms with Gasteiger partial charge in [-0.25, -0.2) is 0 Å². The van der Waals surface area contributed by atoms with E-state index in [-0.39, 0.29) is 12.0 Å². The first-order valence-corrected chi connectivity index (χ1v) is 7.23. The molecule has 0 bridgehead atoms. The van der Waals surface area contributed by atoms with E-state index in [0.717, 1.165) is 24.3 Å². The first-order chi connectivity index (χ1) is 9.20. The fraction of sp³-hybridized carbons (Fsp3) is 0.500. The molecule has 102 valence electrons. The molecule has 0 aliphatic carbocycles. The van der Waals surface area contributed by atoms with Crippen molar-refractivity contribution in [2.75, 3.05) is 26.7 Å². The molecule has 2 rings (SSSR count). The van der Waals surface area contributed by atoms with Gasteiger partial charge >= 0.3 is 0 Å². The van der Waals surface area contributed by atoms with Gasteiger partial charge in [-0.3, -0.25) is 4.79 Å². The Morgan fingerprint density at radius 3 is 3.21 bits per heavy atom. The van der Waals surface area contributed by atoms with Gasteiger partial charge in [0.25, 0.3) is 5.91 Å². The maximum atomic E-state index is 12.2. The van der Waals surface area contributed by atoms with Crippen LogP contribution in [0, 0.1) is 11.8 Å². The Labute approximate surface area is 117 Å². The Hall–Kier alpha value is -1.35. The molecular formula is C14H18N2O2S. The average molecular weight is 278 g/mol. The van der Waals surface area contributed by atoms with E-state index in [1.807, 2.05) is 18.5 Å². The Morgan fingerprint density at radius 2 is 2.53 bits per heavy atom. The van der Waals surface area contributed by atoms with Gasteiger partial charge in [0.2, 0.25) is 0 Å². The number of rotatable bonds is 3. The lowest BCUT2D eigenvalue weighted by atomic mass is 10.2. The molecule has 0 spiro atoms. The summed E-state index contributed by atoms with van der Waals surface area (Å²) in [4.78, 5) is 14.8. The van der Waals surface area contributed by atoms with Crippen molar-refractivity contribution in [1.29, 1.82) is 0 Å². The third kappa shape index (κ3) is 3.80. The number of thiophene rings is 1. The van der Waals surface area contributed by atoms with Gasteiger partial charge in [0, 0.05) is 25.6 Å². The molecule has 4 nitrogen and oxygen atoms in total. The summed E-state index contributed by atoms with van der Waals surface area (Å²) in [5.74, 6) is 5.75. The molecule has 2 heterocycles. The maximum absolute atomic E-state index is 12.2. The molecule has 1 aromatic rings. The zero-order valence-electron chi connectivity index (χ0n) is 11.0. The smallest absolute Gasteiger partial charge is 0.254 e. The van der Waals surface area contributed by atoms with Crippen molar-refractivity contribution in [1.82, 2.24) is 4.90 Å². The summed E-state index contributed by atoms with van der Waals surface area (Å²) in [6.07, 6.45) is 2.31. The van der Waals surface area contributed by atoms with Crippen LogP contribution in [0.4, 0.5) is 0 Å². The average Bonchev–Trinajstić information content (AvgIpc) is 3.06. The van der Waals surface area contributed by atoms with E-state index >= 15 is 0 Å². The van der Waals surface area contributed by atoms with E-state index < -0.39 is 0 Å². The summed E-state index contributed by atoms with van der Waals surface area (Å²) in [5, 5.41) is 1.84. The minimum absolute atomic E-state index is 0.0209. The molecule has 1 aliphatic rings. The van der Waals surface area contributed by atoms with Crippen molar-refractivity contribution in [3.05, 3.63) is 21.9 Å². The molecule has 1 aromatic heterocycles. The lowest BCUT2D eigenvalue weighted by Crippen LogP contribution is -2.33. The summed E-state index contributed by atoms with van der Waals surface area (Å²) in [6, 6.07) is 1.82. The van der Waals surface area contributed by atoms with Gasteiger partial charge in [-0.05, 0) is 18.9 Å². The third-order valence-corrected chi connectivity index (χ3v) is 3.85. The number of amides is 1. The second kappa shape index (κ2) is 6.71. The van der Waals surface area contributed by atoms with Crippen LogP contribution in [0.5, 0.6) is 0 Å². The topological polar surface area (TPSA) is 55.6 Å². The number of likely N-dealkylation sites (N-methyl/N-ethyl adjacent to an activating group) is 1. The van der Waals surface area contributed by atoms with Gasteiger partial charge in [0.05, 0.1) is 23.1 Å². The van der Waals surface area contributed by atoms with Crippen LogP contribution in [0.1, 0.15) is 28.1 Å². The predicted molar refractivity (Wildman–Crippen MR) is 76.2 cm³/mol. The number of ether oxygens (including phenoxy) is 1. The molecule has 1 amide bonds. The second-order valence-corrected chi connectivity index (χ2v) is 5.44. The van der Waals surface area contributed by atoms with E-state index in [9.17, 15) is 4.79 Å². The summed E-state index contributed by atoms with van der Waals surface area (Å²) in [7, 11) is 1.81. The first-order valence-electron chi connectivity index (χ1n) is 6.35. The van der Waals surface area contributed by atoms with Crippen LogP contribution in [-0.2, 0) is 4.74 Å². The highest BCUT2D eigenvalue weighted by molar-refractivity contribution is 7.10. The molecule has 1 fully saturated rings. The fourth-order valence-corrected chi connectivity index (χ4v) is 2.80. The Kier molecular flexibility index (Phi) is 4.97. The second-order valence-electron chi connectivity index (χ2n) is 4.53. The molecule has 0 saturated carbocycles. The lowest BCUT2D eigenvalue weighted by Gasteiger charge is -2.20. The monoisotopic (exact) mass is 278 g/mol. The Morgan fingerprint density at radius 1 is 1.68 bits per heavy atom. The largest absolute Gasteiger partial charge is 0.376 e. The van der Waals surface area contributed by atoms with E-state index in [1.54, 1.807) is 4.90 Å². The van der Waals surface area contributed by atoms with Crippen LogP contribution in [0.2, 0.25) is 0 Å². The van der Waals surface area contributed by atoms with Crippen LogP contribution in [0.3, 0.4) is 0 Å². The number of carbonyl (C=O) groups excluding carboxylic acids is 1. The number of hydrogen-bond donors (Lipinski definition) is 1. The van der Waals surface area contributed by atoms with Gasteiger partial charge in [-0.15, -0.1) is 11.3 Å². The van der Waals surface area contributed by atoms with Crippen molar-refractivity contribution < 1.29 is 9.53 Å². The molecule has 1 aliphatic heterocycles. The normalized spacial score (nSPS) is 17.9. The maximum Gasteiger partial charge on any atom is 0.254 e. The molecular weight excluding hydrogens is 260 g/mol. The first kappa shape index (κ1) is 14.1. The zero-order chi connectivity index (χ0) is 13.7. The minimum atomic E-state index is 0.0209. The SMILES string of the molecule is CN(CC1CCCO1)C(=O)c1csc(C#CCN)c1. The predicted octanol–water partition coefficient (Wildman–Crippen LogP) is 1.31. The quantitative estimate of drug-likeness (QED) is 0.848. The molecule has 1 atom stereocenters. The Bertz CT molecular complexity index is 495. The zero-order valence-corrected chi connectivity index (χ0v) is 11.8. The van der Waals surface area contributed by atoms with Gasteiger partial charge < -0.3 is 15.4 Å². The van der Waals surface area contributed by atoms with Crippen molar-refractivity contribution in [3.63, 3.8) is 0 Å². The van der Waals surface area contributed by atoms with Crippen LogP contribution in [-0.4, -0.2) is 43.7 Å². The van der Waals surface area contributed by atoms with Crippen LogP contribution < -0.4 is 5.73 Å². The van der Waals surface area contributed by atoms with Gasteiger partial charge in [-0.2, -0.15) is 0 Å². The van der Waals surface area contributed by atoms with E-state index in [4.69, 9.17) is 10.5 Å². The Balaban J connectivity index is 1.96. The summed E-state index contributed by atoms with van der Waals surface area (Å²) in [5.41, 5.74) is 6.01. The van der Waals surface area contributed by atoms with Crippen LogP contribution >= 0.6 is 11.3 Å². The molecule has 5 heteroatoms. The number of nitrogens with two attached hydrogens (primary N) is 1. The third-order valence-electron chi connectivity index (χ3n) is 3.01. The van der Waals surface area contributed by atoms with Crippen molar-refractivity contribution in [3.8, 4) is 11.8 Å². The number of hydrogen-bond acceptors (Lipinski definition) is 4. The molecule has 0 aromatic carbocycles. The van der Waals surface area contributed by atoms with Gasteiger partial charge in [0.15, 0.2) is 0 Å². The molecule has 19 heavy (non-hydrogen) atoms. The molecule has 1 unspecified atom stereocenters. The molecule has 1 saturated heterocycles. The van der Waals surface area contributed by atoms with E-state index in [2.05, 4.69) is 11.8 Å². The van der Waals surface area contributed by atoms with E-state index in [0.29, 0.717) is 18.7 Å². The van der Waals surface area contributed by atoms with Crippen LogP contribution in [0.25, 0.3) is 0 Å². The fourth-order valence-electron chi connectivity index (χ4n) is 2.05. The number of nitrogens with zero attached hydrogens (tertiary/aromatic N) is 1. The van der Waals surface area contributed by atoms with Gasteiger partial charge in [-0.1, -0.05) is 11.8 Å². The van der Waals surface area contributed by atoms with Crippen molar-refractivity contribution in [2.24, 2.45) is 5.73 Å². The molecule has 2 N–H and O–H groups in total. The van der Waals surface area contributed by atoms with Crippen molar-refractivity contribution >= 4 is 17.2 Å². The standard InChI is InChI=1S/C14H18N2O2S/c1-16(9-12-4-3-7-18-12)14(17)11-8-13(19-10-11)5-2-6-15/h8,10,12H,3-4,6-7,9,15H2,1H3. The lowest BCUT2D eigenvalue weighted by molar-refractivity contribution is 0.0587. The van der Waals surface area contributed by atoms with Crippen LogP contribution in [0.15, 0.2) is 11.4 Å². The van der Waals surface area contributed by atoms with Crippen molar-refractivity contribution in [2.45, 2.75) is 18.9 Å². The van der Waals surface area contributed by atoms with Gasteiger partial charge in [0.1, 0.15) is 0 Å². The van der Waals surface area contributed by atoms with E-state index in [1.165, 1.54) is 11.3 Å².